The van der Waals surface area contributed by atoms with E-state index >= 15 is 0 Å². The lowest BCUT2D eigenvalue weighted by molar-refractivity contribution is -0.114. The van der Waals surface area contributed by atoms with Crippen molar-refractivity contribution < 1.29 is 9.90 Å². The zero-order valence-corrected chi connectivity index (χ0v) is 9.96. The lowest BCUT2D eigenvalue weighted by atomic mass is 9.79. The molecule has 2 rings (SSSR count). The number of carbonyl (C=O) groups excluding carboxylic acids is 1. The molecule has 0 aromatic heterocycles. The molecular weight excluding hydrogens is 202 g/mol. The van der Waals surface area contributed by atoms with Crippen molar-refractivity contribution in [1.29, 1.82) is 0 Å². The second kappa shape index (κ2) is 4.58. The molecule has 0 spiro atoms. The van der Waals surface area contributed by atoms with Gasteiger partial charge in [-0.15, -0.1) is 0 Å². The number of hydrogen-bond donors (Lipinski definition) is 2. The maximum absolute atomic E-state index is 11.1. The van der Waals surface area contributed by atoms with E-state index in [4.69, 9.17) is 0 Å². The van der Waals surface area contributed by atoms with Crippen LogP contribution in [0.3, 0.4) is 0 Å². The summed E-state index contributed by atoms with van der Waals surface area (Å²) < 4.78 is 0. The van der Waals surface area contributed by atoms with Crippen molar-refractivity contribution in [3.05, 3.63) is 11.8 Å². The van der Waals surface area contributed by atoms with Crippen molar-refractivity contribution in [2.45, 2.75) is 51.0 Å². The van der Waals surface area contributed by atoms with Gasteiger partial charge in [0.15, 0.2) is 5.78 Å². The number of allylic oxidation sites excluding steroid dienone is 2. The number of aliphatic hydroxyl groups is 1. The monoisotopic (exact) mass is 223 g/mol. The lowest BCUT2D eigenvalue weighted by Crippen LogP contribution is -2.43. The Balaban J connectivity index is 1.84. The highest BCUT2D eigenvalue weighted by Gasteiger charge is 2.32. The standard InChI is InChI=1S/C13H21NO2/c1-10-3-2-6-13(16,8-10)9-14-11-4-5-12(15)7-11/h7,10,14,16H,2-6,8-9H2,1H3. The summed E-state index contributed by atoms with van der Waals surface area (Å²) in [4.78, 5) is 11.1. The Kier molecular flexibility index (Phi) is 3.33. The molecule has 2 aliphatic rings. The summed E-state index contributed by atoms with van der Waals surface area (Å²) in [7, 11) is 0. The first-order valence-electron chi connectivity index (χ1n) is 6.27. The van der Waals surface area contributed by atoms with Gasteiger partial charge in [0, 0.05) is 24.7 Å². The van der Waals surface area contributed by atoms with Crippen LogP contribution in [0, 0.1) is 5.92 Å². The smallest absolute Gasteiger partial charge is 0.157 e. The van der Waals surface area contributed by atoms with E-state index in [9.17, 15) is 9.90 Å². The Labute approximate surface area is 96.9 Å². The van der Waals surface area contributed by atoms with Gasteiger partial charge in [-0.05, 0) is 25.2 Å². The molecule has 3 nitrogen and oxygen atoms in total. The second-order valence-electron chi connectivity index (χ2n) is 5.42. The largest absolute Gasteiger partial charge is 0.388 e. The van der Waals surface area contributed by atoms with Crippen LogP contribution in [-0.4, -0.2) is 23.0 Å². The summed E-state index contributed by atoms with van der Waals surface area (Å²) in [6.45, 7) is 2.79. The number of hydrogen-bond acceptors (Lipinski definition) is 3. The maximum Gasteiger partial charge on any atom is 0.157 e. The van der Waals surface area contributed by atoms with Crippen molar-refractivity contribution in [2.24, 2.45) is 5.92 Å². The molecule has 0 bridgehead atoms. The van der Waals surface area contributed by atoms with Crippen LogP contribution in [-0.2, 0) is 4.79 Å². The van der Waals surface area contributed by atoms with Crippen LogP contribution in [0.4, 0.5) is 0 Å². The molecule has 0 radical (unpaired) electrons. The molecule has 1 fully saturated rings. The summed E-state index contributed by atoms with van der Waals surface area (Å²) in [5, 5.41) is 13.6. The van der Waals surface area contributed by atoms with E-state index in [1.807, 2.05) is 0 Å². The Morgan fingerprint density at radius 1 is 1.56 bits per heavy atom. The van der Waals surface area contributed by atoms with Gasteiger partial charge in [0.2, 0.25) is 0 Å². The fraction of sp³-hybridized carbons (Fsp3) is 0.769. The third-order valence-corrected chi connectivity index (χ3v) is 3.69. The summed E-state index contributed by atoms with van der Waals surface area (Å²) >= 11 is 0. The molecule has 3 heteroatoms. The lowest BCUT2D eigenvalue weighted by Gasteiger charge is -2.36. The van der Waals surface area contributed by atoms with Gasteiger partial charge >= 0.3 is 0 Å². The van der Waals surface area contributed by atoms with Gasteiger partial charge < -0.3 is 10.4 Å². The highest BCUT2D eigenvalue weighted by atomic mass is 16.3. The Bertz CT molecular complexity index is 311. The molecule has 1 saturated carbocycles. The fourth-order valence-electron chi connectivity index (χ4n) is 2.81. The van der Waals surface area contributed by atoms with Gasteiger partial charge in [0.1, 0.15) is 0 Å². The van der Waals surface area contributed by atoms with E-state index < -0.39 is 5.60 Å². The van der Waals surface area contributed by atoms with Crippen LogP contribution in [0.15, 0.2) is 11.8 Å². The van der Waals surface area contributed by atoms with E-state index in [0.29, 0.717) is 18.9 Å². The number of carbonyl (C=O) groups is 1. The van der Waals surface area contributed by atoms with Crippen molar-refractivity contribution in [3.63, 3.8) is 0 Å². The summed E-state index contributed by atoms with van der Waals surface area (Å²) in [6, 6.07) is 0. The van der Waals surface area contributed by atoms with Gasteiger partial charge in [-0.1, -0.05) is 19.8 Å². The molecule has 0 aromatic rings. The van der Waals surface area contributed by atoms with Crippen LogP contribution < -0.4 is 5.32 Å². The molecule has 2 atom stereocenters. The molecule has 0 heterocycles. The highest BCUT2D eigenvalue weighted by molar-refractivity contribution is 5.92. The molecule has 16 heavy (non-hydrogen) atoms. The second-order valence-corrected chi connectivity index (χ2v) is 5.42. The van der Waals surface area contributed by atoms with Crippen LogP contribution in [0.2, 0.25) is 0 Å². The van der Waals surface area contributed by atoms with E-state index in [-0.39, 0.29) is 5.78 Å². The zero-order valence-electron chi connectivity index (χ0n) is 9.96. The normalized spacial score (nSPS) is 35.0. The highest BCUT2D eigenvalue weighted by Crippen LogP contribution is 2.32. The van der Waals surface area contributed by atoms with Gasteiger partial charge in [-0.2, -0.15) is 0 Å². The van der Waals surface area contributed by atoms with Crippen molar-refractivity contribution >= 4 is 5.78 Å². The first kappa shape index (κ1) is 11.6. The minimum absolute atomic E-state index is 0.200. The van der Waals surface area contributed by atoms with E-state index in [2.05, 4.69) is 12.2 Å². The molecule has 0 aromatic carbocycles. The Hall–Kier alpha value is -0.830. The molecule has 2 N–H and O–H groups in total. The SMILES string of the molecule is CC1CCCC(O)(CNC2=CC(=O)CC2)C1. The van der Waals surface area contributed by atoms with Crippen LogP contribution in [0.1, 0.15) is 45.4 Å². The molecule has 2 unspecified atom stereocenters. The molecule has 0 amide bonds. The molecule has 0 aliphatic heterocycles. The molecule has 0 saturated heterocycles. The van der Waals surface area contributed by atoms with Crippen LogP contribution >= 0.6 is 0 Å². The average Bonchev–Trinajstić information content (AvgIpc) is 2.61. The molecule has 90 valence electrons. The molecular formula is C13H21NO2. The summed E-state index contributed by atoms with van der Waals surface area (Å²) in [5.74, 6) is 0.811. The van der Waals surface area contributed by atoms with Crippen LogP contribution in [0.25, 0.3) is 0 Å². The minimum atomic E-state index is -0.565. The van der Waals surface area contributed by atoms with Gasteiger partial charge in [-0.3, -0.25) is 4.79 Å². The Morgan fingerprint density at radius 2 is 2.38 bits per heavy atom. The van der Waals surface area contributed by atoms with E-state index in [1.54, 1.807) is 6.08 Å². The van der Waals surface area contributed by atoms with E-state index in [1.165, 1.54) is 6.42 Å². The number of rotatable bonds is 3. The number of nitrogens with one attached hydrogen (secondary N) is 1. The van der Waals surface area contributed by atoms with Gasteiger partial charge in [0.25, 0.3) is 0 Å². The summed E-state index contributed by atoms with van der Waals surface area (Å²) in [5.41, 5.74) is 0.432. The van der Waals surface area contributed by atoms with Gasteiger partial charge in [0.05, 0.1) is 5.60 Å². The minimum Gasteiger partial charge on any atom is -0.388 e. The average molecular weight is 223 g/mol. The quantitative estimate of drug-likeness (QED) is 0.766. The fourth-order valence-corrected chi connectivity index (χ4v) is 2.81. The summed E-state index contributed by atoms with van der Waals surface area (Å²) in [6.07, 6.45) is 7.20. The third kappa shape index (κ3) is 2.85. The van der Waals surface area contributed by atoms with Gasteiger partial charge in [-0.25, -0.2) is 0 Å². The van der Waals surface area contributed by atoms with Crippen molar-refractivity contribution in [2.75, 3.05) is 6.54 Å². The molecule has 2 aliphatic carbocycles. The van der Waals surface area contributed by atoms with E-state index in [0.717, 1.165) is 31.4 Å². The zero-order chi connectivity index (χ0) is 11.6. The predicted molar refractivity (Wildman–Crippen MR) is 62.9 cm³/mol. The third-order valence-electron chi connectivity index (χ3n) is 3.69. The maximum atomic E-state index is 11.1. The Morgan fingerprint density at radius 3 is 3.00 bits per heavy atom. The topological polar surface area (TPSA) is 49.3 Å². The number of ketones is 1. The van der Waals surface area contributed by atoms with Crippen LogP contribution in [0.5, 0.6) is 0 Å². The van der Waals surface area contributed by atoms with Crippen molar-refractivity contribution in [3.8, 4) is 0 Å². The van der Waals surface area contributed by atoms with Crippen molar-refractivity contribution in [1.82, 2.24) is 5.32 Å². The first-order chi connectivity index (χ1) is 7.57. The first-order valence-corrected chi connectivity index (χ1v) is 6.27. The predicted octanol–water partition coefficient (Wildman–Crippen LogP) is 1.76.